The van der Waals surface area contributed by atoms with Crippen LogP contribution in [0.25, 0.3) is 0 Å². The number of nitrogens with zero attached hydrogens (tertiary/aromatic N) is 2. The summed E-state index contributed by atoms with van der Waals surface area (Å²) in [4.78, 5) is 14.4. The molecule has 0 aliphatic carbocycles. The zero-order chi connectivity index (χ0) is 12.3. The van der Waals surface area contributed by atoms with Gasteiger partial charge in [-0.3, -0.25) is 9.31 Å². The molecule has 1 aromatic heterocycles. The molecule has 7 heteroatoms. The molecule has 2 N–H and O–H groups in total. The van der Waals surface area contributed by atoms with Crippen LogP contribution in [0.15, 0.2) is 35.7 Å². The third kappa shape index (κ3) is 2.76. The van der Waals surface area contributed by atoms with Crippen molar-refractivity contribution < 1.29 is 14.1 Å². The Hall–Kier alpha value is -2.02. The Labute approximate surface area is 99.2 Å². The van der Waals surface area contributed by atoms with Gasteiger partial charge >= 0.3 is 5.97 Å². The molecule has 2 rings (SSSR count). The number of rotatable bonds is 4. The maximum absolute atomic E-state index is 11.8. The molecule has 1 heterocycles. The molecule has 0 bridgehead atoms. The molecule has 6 nitrogen and oxygen atoms in total. The first-order valence-corrected chi connectivity index (χ1v) is 6.04. The molecule has 0 aliphatic rings. The predicted octanol–water partition coefficient (Wildman–Crippen LogP) is 0.811. The molecule has 0 radical (unpaired) electrons. The molecule has 1 aromatic carbocycles. The van der Waals surface area contributed by atoms with E-state index in [2.05, 4.69) is 15.2 Å². The molecular weight excluding hydrogens is 242 g/mol. The first kappa shape index (κ1) is 11.5. The molecule has 1 atom stereocenters. The maximum atomic E-state index is 11.8. The lowest BCUT2D eigenvalue weighted by atomic mass is 10.1. The molecule has 88 valence electrons. The summed E-state index contributed by atoms with van der Waals surface area (Å²) in [5, 5.41) is 15.2. The second-order valence-corrected chi connectivity index (χ2v) is 4.65. The van der Waals surface area contributed by atoms with Gasteiger partial charge in [-0.2, -0.15) is 5.10 Å². The SMILES string of the molecule is O=C(O)c1ccc(CS(=O)c2ncn[nH]2)cc1. The minimum absolute atomic E-state index is 0.208. The van der Waals surface area contributed by atoms with Crippen molar-refractivity contribution in [3.05, 3.63) is 41.7 Å². The maximum Gasteiger partial charge on any atom is 0.335 e. The zero-order valence-electron chi connectivity index (χ0n) is 8.66. The van der Waals surface area contributed by atoms with Crippen molar-refractivity contribution >= 4 is 16.8 Å². The number of aromatic carboxylic acids is 1. The van der Waals surface area contributed by atoms with Crippen molar-refractivity contribution in [2.24, 2.45) is 0 Å². The van der Waals surface area contributed by atoms with E-state index in [0.29, 0.717) is 5.16 Å². The quantitative estimate of drug-likeness (QED) is 0.838. The van der Waals surface area contributed by atoms with Crippen LogP contribution >= 0.6 is 0 Å². The van der Waals surface area contributed by atoms with E-state index in [1.165, 1.54) is 18.5 Å². The van der Waals surface area contributed by atoms with Crippen LogP contribution in [0.2, 0.25) is 0 Å². The summed E-state index contributed by atoms with van der Waals surface area (Å²) in [5.41, 5.74) is 0.990. The minimum Gasteiger partial charge on any atom is -0.478 e. The van der Waals surface area contributed by atoms with E-state index in [9.17, 15) is 9.00 Å². The lowest BCUT2D eigenvalue weighted by Crippen LogP contribution is -2.00. The van der Waals surface area contributed by atoms with Gasteiger partial charge in [-0.25, -0.2) is 9.78 Å². The van der Waals surface area contributed by atoms with Gasteiger partial charge in [0.1, 0.15) is 6.33 Å². The van der Waals surface area contributed by atoms with Crippen LogP contribution in [0.3, 0.4) is 0 Å². The Morgan fingerprint density at radius 2 is 2.06 bits per heavy atom. The number of benzene rings is 1. The number of carboxylic acid groups (broad SMARTS) is 1. The molecule has 0 amide bonds. The monoisotopic (exact) mass is 251 g/mol. The normalized spacial score (nSPS) is 12.2. The Kier molecular flexibility index (Phi) is 3.29. The number of hydrogen-bond donors (Lipinski definition) is 2. The van der Waals surface area contributed by atoms with Crippen LogP contribution in [0, 0.1) is 0 Å². The van der Waals surface area contributed by atoms with Crippen molar-refractivity contribution in [3.63, 3.8) is 0 Å². The van der Waals surface area contributed by atoms with Crippen molar-refractivity contribution in [1.29, 1.82) is 0 Å². The minimum atomic E-state index is -1.30. The van der Waals surface area contributed by atoms with Gasteiger partial charge in [-0.1, -0.05) is 12.1 Å². The van der Waals surface area contributed by atoms with E-state index in [4.69, 9.17) is 5.11 Å². The van der Waals surface area contributed by atoms with Crippen LogP contribution < -0.4 is 0 Å². The molecule has 0 fully saturated rings. The van der Waals surface area contributed by atoms with Crippen LogP contribution in [-0.4, -0.2) is 30.5 Å². The van der Waals surface area contributed by atoms with Gasteiger partial charge in [-0.15, -0.1) is 0 Å². The number of H-pyrrole nitrogens is 1. The van der Waals surface area contributed by atoms with Crippen LogP contribution in [0.4, 0.5) is 0 Å². The van der Waals surface area contributed by atoms with E-state index in [-0.39, 0.29) is 11.3 Å². The summed E-state index contributed by atoms with van der Waals surface area (Å²) >= 11 is 0. The van der Waals surface area contributed by atoms with E-state index >= 15 is 0 Å². The summed E-state index contributed by atoms with van der Waals surface area (Å²) in [6, 6.07) is 6.24. The number of carboxylic acids is 1. The fourth-order valence-corrected chi connectivity index (χ4v) is 2.22. The van der Waals surface area contributed by atoms with Gasteiger partial charge in [0.05, 0.1) is 22.1 Å². The molecular formula is C10H9N3O3S. The molecule has 17 heavy (non-hydrogen) atoms. The molecule has 0 aliphatic heterocycles. The lowest BCUT2D eigenvalue weighted by molar-refractivity contribution is 0.0697. The van der Waals surface area contributed by atoms with Gasteiger partial charge in [-0.05, 0) is 17.7 Å². The highest BCUT2D eigenvalue weighted by atomic mass is 32.2. The van der Waals surface area contributed by atoms with E-state index in [1.807, 2.05) is 0 Å². The number of hydrogen-bond acceptors (Lipinski definition) is 4. The average Bonchev–Trinajstić information content (AvgIpc) is 2.83. The van der Waals surface area contributed by atoms with Crippen molar-refractivity contribution in [2.45, 2.75) is 10.9 Å². The van der Waals surface area contributed by atoms with Gasteiger partial charge in [0.2, 0.25) is 5.16 Å². The second-order valence-electron chi connectivity index (χ2n) is 3.28. The average molecular weight is 251 g/mol. The van der Waals surface area contributed by atoms with Gasteiger partial charge < -0.3 is 5.11 Å². The van der Waals surface area contributed by atoms with Crippen LogP contribution in [-0.2, 0) is 16.6 Å². The second kappa shape index (κ2) is 4.88. The van der Waals surface area contributed by atoms with E-state index in [1.54, 1.807) is 12.1 Å². The third-order valence-corrected chi connectivity index (χ3v) is 3.33. The van der Waals surface area contributed by atoms with Crippen molar-refractivity contribution in [3.8, 4) is 0 Å². The van der Waals surface area contributed by atoms with Gasteiger partial charge in [0.15, 0.2) is 0 Å². The highest BCUT2D eigenvalue weighted by molar-refractivity contribution is 7.84. The summed E-state index contributed by atoms with van der Waals surface area (Å²) in [5.74, 6) is -0.706. The Morgan fingerprint density at radius 1 is 1.35 bits per heavy atom. The fraction of sp³-hybridized carbons (Fsp3) is 0.100. The highest BCUT2D eigenvalue weighted by Gasteiger charge is 2.08. The van der Waals surface area contributed by atoms with Gasteiger partial charge in [0, 0.05) is 0 Å². The first-order valence-electron chi connectivity index (χ1n) is 4.73. The lowest BCUT2D eigenvalue weighted by Gasteiger charge is -2.00. The number of aromatic nitrogens is 3. The summed E-state index contributed by atoms with van der Waals surface area (Å²) in [7, 11) is -1.30. The Morgan fingerprint density at radius 3 is 2.59 bits per heavy atom. The summed E-state index contributed by atoms with van der Waals surface area (Å²) in [6.45, 7) is 0. The first-order chi connectivity index (χ1) is 8.16. The summed E-state index contributed by atoms with van der Waals surface area (Å²) in [6.07, 6.45) is 1.29. The third-order valence-electron chi connectivity index (χ3n) is 2.11. The number of nitrogens with one attached hydrogen (secondary N) is 1. The standard InChI is InChI=1S/C10H9N3O3S/c14-9(15)8-3-1-7(2-4-8)5-17(16)10-11-6-12-13-10/h1-4,6H,5H2,(H,14,15)(H,11,12,13). The number of aromatic amines is 1. The fourth-order valence-electron chi connectivity index (χ4n) is 1.27. The molecule has 1 unspecified atom stereocenters. The predicted molar refractivity (Wildman–Crippen MR) is 59.9 cm³/mol. The highest BCUT2D eigenvalue weighted by Crippen LogP contribution is 2.09. The molecule has 0 saturated carbocycles. The van der Waals surface area contributed by atoms with Gasteiger partial charge in [0.25, 0.3) is 0 Å². The topological polar surface area (TPSA) is 95.9 Å². The van der Waals surface area contributed by atoms with Crippen molar-refractivity contribution in [1.82, 2.24) is 15.2 Å². The largest absolute Gasteiger partial charge is 0.478 e. The zero-order valence-corrected chi connectivity index (χ0v) is 9.48. The molecule has 0 spiro atoms. The van der Waals surface area contributed by atoms with Crippen LogP contribution in [0.1, 0.15) is 15.9 Å². The number of carbonyl (C=O) groups is 1. The Bertz CT molecular complexity index is 536. The summed E-state index contributed by atoms with van der Waals surface area (Å²) < 4.78 is 11.8. The smallest absolute Gasteiger partial charge is 0.335 e. The van der Waals surface area contributed by atoms with Crippen LogP contribution in [0.5, 0.6) is 0 Å². The molecule has 2 aromatic rings. The Balaban J connectivity index is 2.09. The van der Waals surface area contributed by atoms with Crippen molar-refractivity contribution in [2.75, 3.05) is 0 Å². The van der Waals surface area contributed by atoms with E-state index < -0.39 is 16.8 Å². The molecule has 0 saturated heterocycles. The van der Waals surface area contributed by atoms with E-state index in [0.717, 1.165) is 5.56 Å².